The molecule has 28 heavy (non-hydrogen) atoms. The van der Waals surface area contributed by atoms with Crippen molar-refractivity contribution in [3.8, 4) is 0 Å². The first-order chi connectivity index (χ1) is 13.4. The number of aromatic nitrogens is 2. The van der Waals surface area contributed by atoms with Gasteiger partial charge in [0.25, 0.3) is 0 Å². The normalized spacial score (nSPS) is 22.6. The number of H-pyrrole nitrogens is 1. The van der Waals surface area contributed by atoms with E-state index in [0.717, 1.165) is 4.44 Å². The van der Waals surface area contributed by atoms with Gasteiger partial charge in [-0.15, -0.1) is 0 Å². The molecule has 0 aliphatic carbocycles. The molecule has 1 aromatic rings. The Balaban J connectivity index is 2.17. The zero-order chi connectivity index (χ0) is 20.6. The molecule has 1 aliphatic heterocycles. The van der Waals surface area contributed by atoms with Crippen LogP contribution in [0.1, 0.15) is 71.9 Å². The summed E-state index contributed by atoms with van der Waals surface area (Å²) in [6.07, 6.45) is 8.21. The molecule has 0 spiro atoms. The zero-order valence-electron chi connectivity index (χ0n) is 17.8. The molecule has 1 aliphatic rings. The van der Waals surface area contributed by atoms with Crippen LogP contribution in [0, 0.1) is 0 Å². The standard InChI is InChI=1S/C9H11N2O4.3C4H9.Sn/c1-5-6(12)4-8(15-5)11-3-2-7(13)10-9(11)14;3*1-3-4-2;/h2-3,5-6,8,12H,1,4H2,(H,10,13,14);3*1,3-4H2,2H3;/t5-,6+,8-;;;;/m1..../s1. The number of aliphatic hydroxyl groups excluding tert-OH is 1. The van der Waals surface area contributed by atoms with E-state index in [9.17, 15) is 14.7 Å². The third-order valence-electron chi connectivity index (χ3n) is 6.18. The number of aliphatic hydroxyl groups is 1. The SMILES string of the molecule is CCC[CH2][Sn]([CH2]CCC)([CH2]CCC)[CH2][C@H]1O[C@@H](n2ccc(=O)[nH]c2=O)C[C@@H]1O. The first-order valence-corrected chi connectivity index (χ1v) is 19.2. The van der Waals surface area contributed by atoms with Gasteiger partial charge in [0.15, 0.2) is 0 Å². The third-order valence-corrected chi connectivity index (χ3v) is 21.9. The summed E-state index contributed by atoms with van der Waals surface area (Å²) in [5.41, 5.74) is -0.881. The molecule has 1 fully saturated rings. The molecule has 0 aromatic carbocycles. The quantitative estimate of drug-likeness (QED) is 0.424. The fraction of sp³-hybridized carbons (Fsp3) is 0.810. The molecule has 7 heteroatoms. The van der Waals surface area contributed by atoms with Crippen LogP contribution in [0.5, 0.6) is 0 Å². The Hall–Kier alpha value is -0.601. The zero-order valence-corrected chi connectivity index (χ0v) is 20.6. The van der Waals surface area contributed by atoms with E-state index in [0.29, 0.717) is 6.42 Å². The van der Waals surface area contributed by atoms with Crippen LogP contribution in [-0.4, -0.2) is 45.2 Å². The molecule has 2 heterocycles. The minimum atomic E-state index is -2.44. The average Bonchev–Trinajstić information content (AvgIpc) is 3.02. The summed E-state index contributed by atoms with van der Waals surface area (Å²) in [7, 11) is 0. The molecule has 1 saturated heterocycles. The summed E-state index contributed by atoms with van der Waals surface area (Å²) in [6.45, 7) is 6.78. The van der Waals surface area contributed by atoms with E-state index >= 15 is 0 Å². The topological polar surface area (TPSA) is 84.3 Å². The van der Waals surface area contributed by atoms with Gasteiger partial charge in [0.2, 0.25) is 0 Å². The molecular formula is C21H38N2O4Sn. The minimum absolute atomic E-state index is 0.176. The van der Waals surface area contributed by atoms with Crippen molar-refractivity contribution in [2.75, 3.05) is 0 Å². The second-order valence-corrected chi connectivity index (χ2v) is 22.5. The average molecular weight is 501 g/mol. The van der Waals surface area contributed by atoms with Gasteiger partial charge in [-0.25, -0.2) is 0 Å². The second-order valence-electron chi connectivity index (χ2n) is 8.46. The fourth-order valence-corrected chi connectivity index (χ4v) is 21.3. The predicted molar refractivity (Wildman–Crippen MR) is 116 cm³/mol. The van der Waals surface area contributed by atoms with Crippen molar-refractivity contribution < 1.29 is 9.84 Å². The summed E-state index contributed by atoms with van der Waals surface area (Å²) in [4.78, 5) is 25.7. The van der Waals surface area contributed by atoms with Crippen molar-refractivity contribution in [2.45, 2.75) is 102 Å². The number of nitrogens with one attached hydrogen (secondary N) is 1. The van der Waals surface area contributed by atoms with Crippen molar-refractivity contribution in [3.05, 3.63) is 33.1 Å². The van der Waals surface area contributed by atoms with Gasteiger partial charge in [-0.1, -0.05) is 0 Å². The van der Waals surface area contributed by atoms with E-state index in [4.69, 9.17) is 4.74 Å². The number of hydrogen-bond donors (Lipinski definition) is 2. The van der Waals surface area contributed by atoms with Gasteiger partial charge in [0.05, 0.1) is 0 Å². The number of aromatic amines is 1. The molecule has 0 amide bonds. The van der Waals surface area contributed by atoms with E-state index in [1.807, 2.05) is 0 Å². The van der Waals surface area contributed by atoms with Crippen LogP contribution >= 0.6 is 0 Å². The Morgan fingerprint density at radius 3 is 2.18 bits per heavy atom. The first-order valence-electron chi connectivity index (χ1n) is 11.1. The maximum absolute atomic E-state index is 12.1. The molecule has 0 bridgehead atoms. The fourth-order valence-electron chi connectivity index (χ4n) is 4.49. The predicted octanol–water partition coefficient (Wildman–Crippen LogP) is 4.03. The van der Waals surface area contributed by atoms with Crippen molar-refractivity contribution in [1.82, 2.24) is 9.55 Å². The van der Waals surface area contributed by atoms with E-state index in [2.05, 4.69) is 25.8 Å². The summed E-state index contributed by atoms with van der Waals surface area (Å²) in [6, 6.07) is 1.33. The van der Waals surface area contributed by atoms with Crippen molar-refractivity contribution in [1.29, 1.82) is 0 Å². The maximum atomic E-state index is 12.1. The van der Waals surface area contributed by atoms with Gasteiger partial charge in [0, 0.05) is 0 Å². The molecule has 1 aromatic heterocycles. The summed E-state index contributed by atoms with van der Waals surface area (Å²) < 4.78 is 12.8. The number of ether oxygens (including phenoxy) is 1. The Morgan fingerprint density at radius 1 is 1.11 bits per heavy atom. The van der Waals surface area contributed by atoms with E-state index < -0.39 is 42.0 Å². The first kappa shape index (κ1) is 23.7. The Kier molecular flexibility index (Phi) is 9.77. The van der Waals surface area contributed by atoms with Crippen LogP contribution in [0.15, 0.2) is 21.9 Å². The molecular weight excluding hydrogens is 463 g/mol. The van der Waals surface area contributed by atoms with Crippen LogP contribution in [0.3, 0.4) is 0 Å². The molecule has 6 nitrogen and oxygen atoms in total. The van der Waals surface area contributed by atoms with Crippen molar-refractivity contribution >= 4 is 18.4 Å². The molecule has 0 saturated carbocycles. The monoisotopic (exact) mass is 502 g/mol. The van der Waals surface area contributed by atoms with Gasteiger partial charge < -0.3 is 0 Å². The van der Waals surface area contributed by atoms with Gasteiger partial charge in [-0.3, -0.25) is 0 Å². The Bertz CT molecular complexity index is 680. The molecule has 2 rings (SSSR count). The van der Waals surface area contributed by atoms with Crippen LogP contribution in [0.2, 0.25) is 17.7 Å². The van der Waals surface area contributed by atoms with Crippen molar-refractivity contribution in [2.24, 2.45) is 0 Å². The molecule has 0 unspecified atom stereocenters. The van der Waals surface area contributed by atoms with Crippen LogP contribution in [0.25, 0.3) is 0 Å². The summed E-state index contributed by atoms with van der Waals surface area (Å²) in [5, 5.41) is 10.7. The van der Waals surface area contributed by atoms with E-state index in [-0.39, 0.29) is 6.10 Å². The van der Waals surface area contributed by atoms with Gasteiger partial charge >= 0.3 is 173 Å². The van der Waals surface area contributed by atoms with Gasteiger partial charge in [-0.05, 0) is 0 Å². The van der Waals surface area contributed by atoms with Crippen molar-refractivity contribution in [3.63, 3.8) is 0 Å². The second kappa shape index (κ2) is 11.5. The van der Waals surface area contributed by atoms with E-state index in [1.165, 1.54) is 68.7 Å². The molecule has 3 atom stereocenters. The Morgan fingerprint density at radius 2 is 1.68 bits per heavy atom. The van der Waals surface area contributed by atoms with Crippen LogP contribution < -0.4 is 11.2 Å². The van der Waals surface area contributed by atoms with Crippen LogP contribution in [0.4, 0.5) is 0 Å². The summed E-state index contributed by atoms with van der Waals surface area (Å²) in [5.74, 6) is 0. The number of unbranched alkanes of at least 4 members (excludes halogenated alkanes) is 3. The molecule has 0 radical (unpaired) electrons. The van der Waals surface area contributed by atoms with Crippen LogP contribution in [-0.2, 0) is 4.74 Å². The van der Waals surface area contributed by atoms with Gasteiger partial charge in [0.1, 0.15) is 0 Å². The molecule has 160 valence electrons. The number of nitrogens with zero attached hydrogens (tertiary/aromatic N) is 1. The number of rotatable bonds is 12. The summed E-state index contributed by atoms with van der Waals surface area (Å²) >= 11 is -2.44. The third kappa shape index (κ3) is 6.45. The number of hydrogen-bond acceptors (Lipinski definition) is 4. The van der Waals surface area contributed by atoms with Gasteiger partial charge in [-0.2, -0.15) is 0 Å². The molecule has 2 N–H and O–H groups in total. The van der Waals surface area contributed by atoms with E-state index in [1.54, 1.807) is 0 Å². The Labute approximate surface area is 172 Å².